The summed E-state index contributed by atoms with van der Waals surface area (Å²) < 4.78 is 10.1. The van der Waals surface area contributed by atoms with Gasteiger partial charge in [-0.1, -0.05) is 37.3 Å². The highest BCUT2D eigenvalue weighted by atomic mass is 16.6. The fourth-order valence-corrected chi connectivity index (χ4v) is 2.35. The van der Waals surface area contributed by atoms with E-state index in [-0.39, 0.29) is 32.0 Å². The van der Waals surface area contributed by atoms with Gasteiger partial charge in [0, 0.05) is 6.54 Å². The van der Waals surface area contributed by atoms with Crippen LogP contribution in [0.25, 0.3) is 0 Å². The number of esters is 1. The molecule has 2 amide bonds. The van der Waals surface area contributed by atoms with Crippen LogP contribution < -0.4 is 0 Å². The molecule has 0 fully saturated rings. The number of hydrogen-bond donors (Lipinski definition) is 0. The molecule has 160 valence electrons. The van der Waals surface area contributed by atoms with Crippen molar-refractivity contribution in [2.45, 2.75) is 46.3 Å². The molecular weight excluding hydrogens is 376 g/mol. The molecule has 0 bridgehead atoms. The summed E-state index contributed by atoms with van der Waals surface area (Å²) in [7, 11) is 1.24. The maximum Gasteiger partial charge on any atom is 0.411 e. The minimum Gasteiger partial charge on any atom is -0.468 e. The molecule has 0 aromatic heterocycles. The summed E-state index contributed by atoms with van der Waals surface area (Å²) in [6, 6.07) is 9.13. The van der Waals surface area contributed by atoms with Crippen molar-refractivity contribution < 1.29 is 28.7 Å². The van der Waals surface area contributed by atoms with Crippen molar-refractivity contribution in [2.24, 2.45) is 0 Å². The predicted molar refractivity (Wildman–Crippen MR) is 107 cm³/mol. The lowest BCUT2D eigenvalue weighted by Gasteiger charge is -2.30. The molecule has 0 N–H and O–H groups in total. The lowest BCUT2D eigenvalue weighted by Crippen LogP contribution is -2.47. The van der Waals surface area contributed by atoms with E-state index >= 15 is 0 Å². The largest absolute Gasteiger partial charge is 0.468 e. The molecule has 0 atom stereocenters. The van der Waals surface area contributed by atoms with Crippen molar-refractivity contribution in [3.8, 4) is 0 Å². The molecule has 0 aliphatic heterocycles. The molecule has 29 heavy (non-hydrogen) atoms. The predicted octanol–water partition coefficient (Wildman–Crippen LogP) is 2.40. The molecule has 0 heterocycles. The van der Waals surface area contributed by atoms with Gasteiger partial charge in [0.25, 0.3) is 0 Å². The second kappa shape index (κ2) is 11.2. The number of carbonyl (C=O) groups excluding carboxylic acids is 4. The second-order valence-electron chi connectivity index (χ2n) is 7.35. The third-order valence-electron chi connectivity index (χ3n) is 4.33. The van der Waals surface area contributed by atoms with Gasteiger partial charge in [0.2, 0.25) is 5.91 Å². The summed E-state index contributed by atoms with van der Waals surface area (Å²) >= 11 is 0. The zero-order valence-corrected chi connectivity index (χ0v) is 17.8. The molecular formula is C21H30N2O6. The van der Waals surface area contributed by atoms with E-state index in [1.807, 2.05) is 37.3 Å². The first kappa shape index (κ1) is 24.1. The van der Waals surface area contributed by atoms with Crippen molar-refractivity contribution in [1.29, 1.82) is 0 Å². The number of ether oxygens (including phenoxy) is 2. The quantitative estimate of drug-likeness (QED) is 0.554. The number of methoxy groups -OCH3 is 1. The van der Waals surface area contributed by atoms with Crippen LogP contribution in [0, 0.1) is 0 Å². The van der Waals surface area contributed by atoms with E-state index in [4.69, 9.17) is 4.74 Å². The molecule has 0 unspecified atom stereocenters. The Morgan fingerprint density at radius 1 is 0.966 bits per heavy atom. The maximum absolute atomic E-state index is 12.9. The Bertz CT molecular complexity index is 717. The molecule has 0 aliphatic carbocycles. The Labute approximate surface area is 171 Å². The van der Waals surface area contributed by atoms with Crippen LogP contribution in [-0.4, -0.2) is 65.9 Å². The summed E-state index contributed by atoms with van der Waals surface area (Å²) in [6.45, 7) is 5.93. The van der Waals surface area contributed by atoms with E-state index in [1.165, 1.54) is 18.9 Å². The van der Waals surface area contributed by atoms with Gasteiger partial charge in [-0.15, -0.1) is 0 Å². The highest BCUT2D eigenvalue weighted by molar-refractivity contribution is 5.88. The summed E-state index contributed by atoms with van der Waals surface area (Å²) in [6.07, 6.45) is -0.179. The van der Waals surface area contributed by atoms with Gasteiger partial charge in [0.1, 0.15) is 24.5 Å². The van der Waals surface area contributed by atoms with Crippen molar-refractivity contribution in [2.75, 3.05) is 26.7 Å². The van der Waals surface area contributed by atoms with Crippen molar-refractivity contribution >= 4 is 23.8 Å². The van der Waals surface area contributed by atoms with Crippen LogP contribution in [0.15, 0.2) is 30.3 Å². The number of hydrogen-bond acceptors (Lipinski definition) is 6. The first-order valence-electron chi connectivity index (χ1n) is 9.43. The molecule has 0 spiro atoms. The monoisotopic (exact) mass is 406 g/mol. The average Bonchev–Trinajstić information content (AvgIpc) is 2.66. The third-order valence-corrected chi connectivity index (χ3v) is 4.33. The van der Waals surface area contributed by atoms with Gasteiger partial charge in [-0.05, 0) is 32.8 Å². The van der Waals surface area contributed by atoms with E-state index in [9.17, 15) is 19.2 Å². The van der Waals surface area contributed by atoms with Crippen LogP contribution in [-0.2, 0) is 30.4 Å². The fraction of sp³-hybridized carbons (Fsp3) is 0.524. The van der Waals surface area contributed by atoms with Crippen LogP contribution in [0.2, 0.25) is 0 Å². The normalized spacial score (nSPS) is 10.8. The smallest absolute Gasteiger partial charge is 0.411 e. The van der Waals surface area contributed by atoms with Crippen LogP contribution in [0.5, 0.6) is 0 Å². The van der Waals surface area contributed by atoms with Crippen LogP contribution in [0.3, 0.4) is 0 Å². The first-order chi connectivity index (χ1) is 13.6. The highest BCUT2D eigenvalue weighted by Crippen LogP contribution is 2.16. The van der Waals surface area contributed by atoms with E-state index < -0.39 is 23.6 Å². The Hall–Kier alpha value is -2.90. The standard InChI is InChI=1S/C21H30N2O6/c1-6-21(3,4)29-20(27)23(12-16(2)24)14-18(25)22(15-19(26)28-5)13-17-10-8-7-9-11-17/h7-11H,6,12-15H2,1-5H3. The van der Waals surface area contributed by atoms with E-state index in [1.54, 1.807) is 13.8 Å². The highest BCUT2D eigenvalue weighted by Gasteiger charge is 2.29. The minimum absolute atomic E-state index is 0.165. The summed E-state index contributed by atoms with van der Waals surface area (Å²) in [4.78, 5) is 51.1. The van der Waals surface area contributed by atoms with E-state index in [0.717, 1.165) is 10.5 Å². The zero-order chi connectivity index (χ0) is 22.0. The Kier molecular flexibility index (Phi) is 9.31. The fourth-order valence-electron chi connectivity index (χ4n) is 2.35. The van der Waals surface area contributed by atoms with Gasteiger partial charge in [0.05, 0.1) is 13.7 Å². The van der Waals surface area contributed by atoms with Gasteiger partial charge < -0.3 is 14.4 Å². The molecule has 1 rings (SSSR count). The van der Waals surface area contributed by atoms with Crippen molar-refractivity contribution in [3.05, 3.63) is 35.9 Å². The van der Waals surface area contributed by atoms with Gasteiger partial charge in [0.15, 0.2) is 0 Å². The van der Waals surface area contributed by atoms with Gasteiger partial charge >= 0.3 is 12.1 Å². The summed E-state index contributed by atoms with van der Waals surface area (Å²) in [5.41, 5.74) is 0.0860. The van der Waals surface area contributed by atoms with E-state index in [2.05, 4.69) is 4.74 Å². The number of rotatable bonds is 10. The van der Waals surface area contributed by atoms with Crippen LogP contribution in [0.4, 0.5) is 4.79 Å². The summed E-state index contributed by atoms with van der Waals surface area (Å²) in [5, 5.41) is 0. The van der Waals surface area contributed by atoms with Crippen molar-refractivity contribution in [3.63, 3.8) is 0 Å². The molecule has 8 nitrogen and oxygen atoms in total. The number of ketones is 1. The number of carbonyl (C=O) groups is 4. The molecule has 0 saturated carbocycles. The molecule has 0 aliphatic rings. The maximum atomic E-state index is 12.9. The number of Topliss-reactive ketones (excluding diaryl/α,β-unsaturated/α-hetero) is 1. The second-order valence-corrected chi connectivity index (χ2v) is 7.35. The van der Waals surface area contributed by atoms with Gasteiger partial charge in [-0.25, -0.2) is 4.79 Å². The van der Waals surface area contributed by atoms with Gasteiger partial charge in [-0.2, -0.15) is 0 Å². The molecule has 8 heteroatoms. The van der Waals surface area contributed by atoms with Crippen LogP contribution >= 0.6 is 0 Å². The number of nitrogens with zero attached hydrogens (tertiary/aromatic N) is 2. The Balaban J connectivity index is 2.98. The first-order valence-corrected chi connectivity index (χ1v) is 9.43. The molecule has 0 radical (unpaired) electrons. The lowest BCUT2D eigenvalue weighted by atomic mass is 10.1. The lowest BCUT2D eigenvalue weighted by molar-refractivity contribution is -0.147. The topological polar surface area (TPSA) is 93.2 Å². The third kappa shape index (κ3) is 8.76. The molecule has 1 aromatic carbocycles. The van der Waals surface area contributed by atoms with Crippen molar-refractivity contribution in [1.82, 2.24) is 9.80 Å². The number of amides is 2. The Morgan fingerprint density at radius 3 is 2.10 bits per heavy atom. The number of benzene rings is 1. The SMILES string of the molecule is CCC(C)(C)OC(=O)N(CC(C)=O)CC(=O)N(CC(=O)OC)Cc1ccccc1. The minimum atomic E-state index is -0.752. The summed E-state index contributed by atoms with van der Waals surface area (Å²) in [5.74, 6) is -1.36. The molecule has 1 aromatic rings. The van der Waals surface area contributed by atoms with E-state index in [0.29, 0.717) is 6.42 Å². The van der Waals surface area contributed by atoms with Gasteiger partial charge in [-0.3, -0.25) is 19.3 Å². The van der Waals surface area contributed by atoms with Crippen LogP contribution in [0.1, 0.15) is 39.7 Å². The molecule has 0 saturated heterocycles. The zero-order valence-electron chi connectivity index (χ0n) is 17.8. The Morgan fingerprint density at radius 2 is 1.59 bits per heavy atom. The average molecular weight is 406 g/mol.